The minimum Gasteiger partial charge on any atom is -0.324 e. The van der Waals surface area contributed by atoms with E-state index in [4.69, 9.17) is 5.73 Å². The molecule has 0 saturated carbocycles. The fourth-order valence-corrected chi connectivity index (χ4v) is 2.42. The van der Waals surface area contributed by atoms with Crippen molar-refractivity contribution in [1.82, 2.24) is 4.98 Å². The lowest BCUT2D eigenvalue weighted by Crippen LogP contribution is -2.11. The summed E-state index contributed by atoms with van der Waals surface area (Å²) in [7, 11) is 0. The van der Waals surface area contributed by atoms with Crippen LogP contribution >= 0.6 is 0 Å². The van der Waals surface area contributed by atoms with Crippen LogP contribution in [0.3, 0.4) is 0 Å². The molecule has 0 aliphatic rings. The number of hydrogen-bond donors (Lipinski definition) is 1. The minimum atomic E-state index is 0.0736. The SMILES string of the molecule is NC(CCc1ccc2ccccc2n1)c1ccccc1. The molecule has 1 aromatic heterocycles. The molecule has 3 rings (SSSR count). The number of hydrogen-bond acceptors (Lipinski definition) is 2. The van der Waals surface area contributed by atoms with Gasteiger partial charge in [-0.25, -0.2) is 0 Å². The lowest BCUT2D eigenvalue weighted by atomic mass is 10.0. The van der Waals surface area contributed by atoms with E-state index in [0.29, 0.717) is 0 Å². The average Bonchev–Trinajstić information content (AvgIpc) is 2.53. The second-order valence-corrected chi connectivity index (χ2v) is 5.05. The van der Waals surface area contributed by atoms with Crippen LogP contribution in [0.2, 0.25) is 0 Å². The van der Waals surface area contributed by atoms with E-state index in [2.05, 4.69) is 41.4 Å². The van der Waals surface area contributed by atoms with E-state index >= 15 is 0 Å². The van der Waals surface area contributed by atoms with Crippen molar-refractivity contribution in [3.63, 3.8) is 0 Å². The monoisotopic (exact) mass is 262 g/mol. The quantitative estimate of drug-likeness (QED) is 0.775. The molecule has 0 fully saturated rings. The number of fused-ring (bicyclic) bond motifs is 1. The Morgan fingerprint density at radius 2 is 1.60 bits per heavy atom. The summed E-state index contributed by atoms with van der Waals surface area (Å²) in [6.07, 6.45) is 1.82. The van der Waals surface area contributed by atoms with Crippen molar-refractivity contribution < 1.29 is 0 Å². The summed E-state index contributed by atoms with van der Waals surface area (Å²) in [4.78, 5) is 4.69. The van der Waals surface area contributed by atoms with Crippen molar-refractivity contribution in [2.45, 2.75) is 18.9 Å². The van der Waals surface area contributed by atoms with Crippen LogP contribution in [0, 0.1) is 0 Å². The molecule has 20 heavy (non-hydrogen) atoms. The molecule has 0 aliphatic heterocycles. The van der Waals surface area contributed by atoms with Gasteiger partial charge in [0.25, 0.3) is 0 Å². The number of aromatic nitrogens is 1. The van der Waals surface area contributed by atoms with Crippen molar-refractivity contribution in [3.8, 4) is 0 Å². The Morgan fingerprint density at radius 1 is 0.850 bits per heavy atom. The molecule has 0 saturated heterocycles. The number of nitrogens with two attached hydrogens (primary N) is 1. The lowest BCUT2D eigenvalue weighted by Gasteiger charge is -2.11. The predicted octanol–water partition coefficient (Wildman–Crippen LogP) is 3.87. The van der Waals surface area contributed by atoms with Crippen molar-refractivity contribution in [2.75, 3.05) is 0 Å². The molecule has 1 atom stereocenters. The highest BCUT2D eigenvalue weighted by Gasteiger charge is 2.06. The maximum atomic E-state index is 6.23. The summed E-state index contributed by atoms with van der Waals surface area (Å²) >= 11 is 0. The minimum absolute atomic E-state index is 0.0736. The average molecular weight is 262 g/mol. The van der Waals surface area contributed by atoms with Crippen LogP contribution in [-0.2, 0) is 6.42 Å². The van der Waals surface area contributed by atoms with Gasteiger partial charge in [-0.2, -0.15) is 0 Å². The van der Waals surface area contributed by atoms with Gasteiger partial charge >= 0.3 is 0 Å². The molecule has 2 nitrogen and oxygen atoms in total. The number of aryl methyl sites for hydroxylation is 1. The maximum Gasteiger partial charge on any atom is 0.0705 e. The molecule has 0 radical (unpaired) electrons. The van der Waals surface area contributed by atoms with E-state index in [1.54, 1.807) is 0 Å². The number of para-hydroxylation sites is 1. The number of rotatable bonds is 4. The van der Waals surface area contributed by atoms with E-state index in [1.165, 1.54) is 10.9 Å². The largest absolute Gasteiger partial charge is 0.324 e. The van der Waals surface area contributed by atoms with Gasteiger partial charge in [-0.1, -0.05) is 54.6 Å². The summed E-state index contributed by atoms with van der Waals surface area (Å²) in [5.41, 5.74) is 9.58. The van der Waals surface area contributed by atoms with Crippen LogP contribution in [0.1, 0.15) is 23.7 Å². The normalized spacial score (nSPS) is 12.4. The van der Waals surface area contributed by atoms with E-state index in [9.17, 15) is 0 Å². The second-order valence-electron chi connectivity index (χ2n) is 5.05. The Balaban J connectivity index is 1.70. The standard InChI is InChI=1S/C18H18N2/c19-17(14-6-2-1-3-7-14)13-12-16-11-10-15-8-4-5-9-18(15)20-16/h1-11,17H,12-13,19H2. The third-order valence-electron chi connectivity index (χ3n) is 3.60. The Labute approximate surface area is 119 Å². The fourth-order valence-electron chi connectivity index (χ4n) is 2.42. The lowest BCUT2D eigenvalue weighted by molar-refractivity contribution is 0.645. The van der Waals surface area contributed by atoms with Crippen molar-refractivity contribution in [3.05, 3.63) is 78.0 Å². The fraction of sp³-hybridized carbons (Fsp3) is 0.167. The molecule has 0 aliphatic carbocycles. The molecular weight excluding hydrogens is 244 g/mol. The Morgan fingerprint density at radius 3 is 2.45 bits per heavy atom. The zero-order valence-corrected chi connectivity index (χ0v) is 11.4. The molecule has 0 bridgehead atoms. The molecule has 0 spiro atoms. The highest BCUT2D eigenvalue weighted by molar-refractivity contribution is 5.78. The van der Waals surface area contributed by atoms with Crippen molar-refractivity contribution in [1.29, 1.82) is 0 Å². The zero-order chi connectivity index (χ0) is 13.8. The van der Waals surface area contributed by atoms with Gasteiger partial charge < -0.3 is 5.73 Å². The van der Waals surface area contributed by atoms with Gasteiger partial charge in [-0.3, -0.25) is 4.98 Å². The molecule has 1 unspecified atom stereocenters. The molecule has 1 heterocycles. The van der Waals surface area contributed by atoms with Gasteiger partial charge in [0.15, 0.2) is 0 Å². The van der Waals surface area contributed by atoms with E-state index in [0.717, 1.165) is 24.1 Å². The van der Waals surface area contributed by atoms with Crippen LogP contribution in [0.5, 0.6) is 0 Å². The Hall–Kier alpha value is -2.19. The third-order valence-corrected chi connectivity index (χ3v) is 3.60. The zero-order valence-electron chi connectivity index (χ0n) is 11.4. The number of nitrogens with zero attached hydrogens (tertiary/aromatic N) is 1. The molecule has 0 amide bonds. The van der Waals surface area contributed by atoms with E-state index in [1.807, 2.05) is 30.3 Å². The summed E-state index contributed by atoms with van der Waals surface area (Å²) in [6, 6.07) is 22.7. The molecule has 2 aromatic carbocycles. The predicted molar refractivity (Wildman–Crippen MR) is 83.4 cm³/mol. The van der Waals surface area contributed by atoms with E-state index < -0.39 is 0 Å². The van der Waals surface area contributed by atoms with Crippen LogP contribution in [0.15, 0.2) is 66.7 Å². The van der Waals surface area contributed by atoms with Gasteiger partial charge in [-0.15, -0.1) is 0 Å². The van der Waals surface area contributed by atoms with Gasteiger partial charge in [0, 0.05) is 17.1 Å². The summed E-state index contributed by atoms with van der Waals surface area (Å²) < 4.78 is 0. The van der Waals surface area contributed by atoms with Crippen LogP contribution in [-0.4, -0.2) is 4.98 Å². The summed E-state index contributed by atoms with van der Waals surface area (Å²) in [5.74, 6) is 0. The first-order valence-corrected chi connectivity index (χ1v) is 6.98. The van der Waals surface area contributed by atoms with Crippen molar-refractivity contribution in [2.24, 2.45) is 5.73 Å². The first-order chi connectivity index (χ1) is 9.83. The second kappa shape index (κ2) is 5.85. The third kappa shape index (κ3) is 2.86. The molecular formula is C18H18N2. The number of benzene rings is 2. The molecule has 2 N–H and O–H groups in total. The maximum absolute atomic E-state index is 6.23. The van der Waals surface area contributed by atoms with Gasteiger partial charge in [0.05, 0.1) is 5.52 Å². The van der Waals surface area contributed by atoms with Gasteiger partial charge in [-0.05, 0) is 30.5 Å². The van der Waals surface area contributed by atoms with Crippen LogP contribution in [0.4, 0.5) is 0 Å². The topological polar surface area (TPSA) is 38.9 Å². The number of pyridine rings is 1. The highest BCUT2D eigenvalue weighted by Crippen LogP contribution is 2.17. The first kappa shape index (κ1) is 12.8. The highest BCUT2D eigenvalue weighted by atomic mass is 14.7. The van der Waals surface area contributed by atoms with Gasteiger partial charge in [0.2, 0.25) is 0 Å². The Kier molecular flexibility index (Phi) is 3.75. The van der Waals surface area contributed by atoms with Crippen molar-refractivity contribution >= 4 is 10.9 Å². The van der Waals surface area contributed by atoms with Crippen LogP contribution in [0.25, 0.3) is 10.9 Å². The van der Waals surface area contributed by atoms with Crippen LogP contribution < -0.4 is 5.73 Å². The Bertz CT molecular complexity index is 692. The first-order valence-electron chi connectivity index (χ1n) is 6.98. The molecule has 3 aromatic rings. The molecule has 2 heteroatoms. The van der Waals surface area contributed by atoms with E-state index in [-0.39, 0.29) is 6.04 Å². The summed E-state index contributed by atoms with van der Waals surface area (Å²) in [5, 5.41) is 1.18. The molecule has 100 valence electrons. The van der Waals surface area contributed by atoms with Gasteiger partial charge in [0.1, 0.15) is 0 Å². The summed E-state index contributed by atoms with van der Waals surface area (Å²) in [6.45, 7) is 0. The smallest absolute Gasteiger partial charge is 0.0705 e.